The highest BCUT2D eigenvalue weighted by Crippen LogP contribution is 2.20. The van der Waals surface area contributed by atoms with Crippen molar-refractivity contribution in [3.05, 3.63) is 63.6 Å². The molecule has 0 unspecified atom stereocenters. The van der Waals surface area contributed by atoms with E-state index in [2.05, 4.69) is 21.6 Å². The molecule has 4 heteroatoms. The highest BCUT2D eigenvalue weighted by Gasteiger charge is 2.19. The zero-order valence-corrected chi connectivity index (χ0v) is 13.0. The lowest BCUT2D eigenvalue weighted by molar-refractivity contribution is 0.310. The van der Waals surface area contributed by atoms with E-state index in [0.717, 1.165) is 30.0 Å². The molecule has 0 spiro atoms. The molecule has 2 aromatic rings. The lowest BCUT2D eigenvalue weighted by Gasteiger charge is -2.22. The number of aromatic nitrogens is 1. The Bertz CT molecular complexity index is 701. The molecule has 1 aromatic heterocycles. The van der Waals surface area contributed by atoms with E-state index < -0.39 is 0 Å². The second-order valence-corrected chi connectivity index (χ2v) is 6.00. The molecule has 0 radical (unpaired) electrons. The summed E-state index contributed by atoms with van der Waals surface area (Å²) in [5.74, 6) is -0.103. The van der Waals surface area contributed by atoms with Crippen molar-refractivity contribution < 1.29 is 5.11 Å². The van der Waals surface area contributed by atoms with Gasteiger partial charge in [0.05, 0.1) is 5.69 Å². The highest BCUT2D eigenvalue weighted by molar-refractivity contribution is 5.31. The summed E-state index contributed by atoms with van der Waals surface area (Å²) in [5, 5.41) is 10.3. The Morgan fingerprint density at radius 3 is 2.45 bits per heavy atom. The number of hydrogen-bond acceptors (Lipinski definition) is 3. The number of pyridine rings is 1. The van der Waals surface area contributed by atoms with E-state index in [9.17, 15) is 9.90 Å². The normalized spacial score (nSPS) is 15.3. The van der Waals surface area contributed by atoms with E-state index in [1.54, 1.807) is 0 Å². The Kier molecular flexibility index (Phi) is 4.29. The van der Waals surface area contributed by atoms with Crippen LogP contribution in [0.2, 0.25) is 0 Å². The topological polar surface area (TPSA) is 45.5 Å². The first kappa shape index (κ1) is 14.9. The second-order valence-electron chi connectivity index (χ2n) is 6.00. The Hall–Kier alpha value is -2.07. The second kappa shape index (κ2) is 6.36. The van der Waals surface area contributed by atoms with E-state index in [0.29, 0.717) is 13.1 Å². The summed E-state index contributed by atoms with van der Waals surface area (Å²) >= 11 is 0. The Balaban J connectivity index is 1.99. The van der Waals surface area contributed by atoms with Gasteiger partial charge in [-0.3, -0.25) is 9.69 Å². The number of benzene rings is 1. The Labute approximate surface area is 130 Å². The minimum Gasteiger partial charge on any atom is -0.503 e. The smallest absolute Gasteiger partial charge is 0.223 e. The molecule has 0 aliphatic carbocycles. The monoisotopic (exact) mass is 298 g/mol. The van der Waals surface area contributed by atoms with Gasteiger partial charge in [0.2, 0.25) is 5.43 Å². The molecule has 1 fully saturated rings. The van der Waals surface area contributed by atoms with Crippen LogP contribution in [0.4, 0.5) is 0 Å². The van der Waals surface area contributed by atoms with Crippen LogP contribution in [0.1, 0.15) is 29.8 Å². The van der Waals surface area contributed by atoms with Gasteiger partial charge in [0.15, 0.2) is 5.75 Å². The Morgan fingerprint density at radius 2 is 1.77 bits per heavy atom. The number of nitrogens with zero attached hydrogens (tertiary/aromatic N) is 2. The molecule has 2 heterocycles. The highest BCUT2D eigenvalue weighted by atomic mass is 16.3. The summed E-state index contributed by atoms with van der Waals surface area (Å²) in [6.45, 7) is 5.30. The van der Waals surface area contributed by atoms with Gasteiger partial charge >= 0.3 is 0 Å². The van der Waals surface area contributed by atoms with Crippen LogP contribution in [0.5, 0.6) is 5.75 Å². The van der Waals surface area contributed by atoms with Crippen LogP contribution in [-0.4, -0.2) is 27.7 Å². The number of hydrogen-bond donors (Lipinski definition) is 1. The van der Waals surface area contributed by atoms with Crippen LogP contribution < -0.4 is 5.43 Å². The number of likely N-dealkylation sites (tertiary alicyclic amines) is 1. The van der Waals surface area contributed by atoms with Gasteiger partial charge in [-0.25, -0.2) is 0 Å². The molecule has 0 amide bonds. The summed E-state index contributed by atoms with van der Waals surface area (Å²) in [6.07, 6.45) is 2.38. The largest absolute Gasteiger partial charge is 0.503 e. The van der Waals surface area contributed by atoms with Crippen LogP contribution in [-0.2, 0) is 13.1 Å². The van der Waals surface area contributed by atoms with Gasteiger partial charge < -0.3 is 9.67 Å². The first-order chi connectivity index (χ1) is 10.6. The molecule has 0 saturated carbocycles. The maximum Gasteiger partial charge on any atom is 0.223 e. The molecule has 1 saturated heterocycles. The molecule has 3 rings (SSSR count). The zero-order chi connectivity index (χ0) is 15.5. The van der Waals surface area contributed by atoms with Crippen molar-refractivity contribution in [1.29, 1.82) is 0 Å². The molecule has 0 atom stereocenters. The summed E-state index contributed by atoms with van der Waals surface area (Å²) in [4.78, 5) is 14.3. The van der Waals surface area contributed by atoms with Gasteiger partial charge in [0, 0.05) is 24.8 Å². The van der Waals surface area contributed by atoms with Crippen molar-refractivity contribution in [3.8, 4) is 5.75 Å². The van der Waals surface area contributed by atoms with Crippen molar-refractivity contribution in [3.63, 3.8) is 0 Å². The van der Waals surface area contributed by atoms with E-state index >= 15 is 0 Å². The SMILES string of the molecule is Cc1cc(=O)c(O)c(CN2CCCC2)n1Cc1ccccc1. The Morgan fingerprint density at radius 1 is 1.09 bits per heavy atom. The average molecular weight is 298 g/mol. The maximum atomic E-state index is 12.0. The first-order valence-electron chi connectivity index (χ1n) is 7.83. The summed E-state index contributed by atoms with van der Waals surface area (Å²) in [6, 6.07) is 11.7. The van der Waals surface area contributed by atoms with Crippen molar-refractivity contribution >= 4 is 0 Å². The molecule has 1 N–H and O–H groups in total. The average Bonchev–Trinajstić information content (AvgIpc) is 3.02. The molecule has 22 heavy (non-hydrogen) atoms. The van der Waals surface area contributed by atoms with Crippen LogP contribution in [0.3, 0.4) is 0 Å². The van der Waals surface area contributed by atoms with Gasteiger partial charge in [0.1, 0.15) is 0 Å². The quantitative estimate of drug-likeness (QED) is 0.943. The molecular formula is C18H22N2O2. The van der Waals surface area contributed by atoms with E-state index in [1.807, 2.05) is 25.1 Å². The van der Waals surface area contributed by atoms with Gasteiger partial charge in [-0.15, -0.1) is 0 Å². The predicted molar refractivity (Wildman–Crippen MR) is 87.2 cm³/mol. The fourth-order valence-corrected chi connectivity index (χ4v) is 3.12. The van der Waals surface area contributed by atoms with Crippen molar-refractivity contribution in [1.82, 2.24) is 9.47 Å². The van der Waals surface area contributed by atoms with Gasteiger partial charge in [-0.05, 0) is 38.4 Å². The third-order valence-electron chi connectivity index (χ3n) is 4.35. The van der Waals surface area contributed by atoms with Crippen molar-refractivity contribution in [2.24, 2.45) is 0 Å². The standard InChI is InChI=1S/C18H22N2O2/c1-14-11-17(21)18(22)16(13-19-9-5-6-10-19)20(14)12-15-7-3-2-4-8-15/h2-4,7-8,11,22H,5-6,9-10,12-13H2,1H3. The lowest BCUT2D eigenvalue weighted by Crippen LogP contribution is -2.25. The number of aryl methyl sites for hydroxylation is 1. The van der Waals surface area contributed by atoms with Gasteiger partial charge in [-0.1, -0.05) is 30.3 Å². The van der Waals surface area contributed by atoms with Gasteiger partial charge in [-0.2, -0.15) is 0 Å². The number of aromatic hydroxyl groups is 1. The summed E-state index contributed by atoms with van der Waals surface area (Å²) < 4.78 is 2.06. The fraction of sp³-hybridized carbons (Fsp3) is 0.389. The molecule has 1 aliphatic heterocycles. The lowest BCUT2D eigenvalue weighted by atomic mass is 10.2. The summed E-state index contributed by atoms with van der Waals surface area (Å²) in [7, 11) is 0. The van der Waals surface area contributed by atoms with Crippen LogP contribution in [0, 0.1) is 6.92 Å². The molecule has 4 nitrogen and oxygen atoms in total. The molecular weight excluding hydrogens is 276 g/mol. The number of rotatable bonds is 4. The van der Waals surface area contributed by atoms with E-state index in [-0.39, 0.29) is 11.2 Å². The molecule has 1 aliphatic rings. The van der Waals surface area contributed by atoms with E-state index in [4.69, 9.17) is 0 Å². The molecule has 116 valence electrons. The van der Waals surface area contributed by atoms with Crippen LogP contribution in [0.25, 0.3) is 0 Å². The predicted octanol–water partition coefficient (Wildman–Crippen LogP) is 2.51. The first-order valence-corrected chi connectivity index (χ1v) is 7.83. The van der Waals surface area contributed by atoms with Crippen molar-refractivity contribution in [2.45, 2.75) is 32.9 Å². The maximum absolute atomic E-state index is 12.0. The van der Waals surface area contributed by atoms with Gasteiger partial charge in [0.25, 0.3) is 0 Å². The van der Waals surface area contributed by atoms with Crippen molar-refractivity contribution in [2.75, 3.05) is 13.1 Å². The molecule has 0 bridgehead atoms. The third kappa shape index (κ3) is 3.07. The molecule has 1 aromatic carbocycles. The van der Waals surface area contributed by atoms with Crippen LogP contribution >= 0.6 is 0 Å². The summed E-state index contributed by atoms with van der Waals surface area (Å²) in [5.41, 5.74) is 2.50. The van der Waals surface area contributed by atoms with Crippen LogP contribution in [0.15, 0.2) is 41.2 Å². The zero-order valence-electron chi connectivity index (χ0n) is 13.0. The minimum atomic E-state index is -0.281. The third-order valence-corrected chi connectivity index (χ3v) is 4.35. The fourth-order valence-electron chi connectivity index (χ4n) is 3.12. The van der Waals surface area contributed by atoms with E-state index in [1.165, 1.54) is 18.9 Å². The minimum absolute atomic E-state index is 0.103.